The largest absolute Gasteiger partial charge is 0.455 e. The van der Waals surface area contributed by atoms with Crippen LogP contribution in [-0.4, -0.2) is 35.8 Å². The highest BCUT2D eigenvalue weighted by molar-refractivity contribution is 5.95. The molecule has 0 unspecified atom stereocenters. The first-order chi connectivity index (χ1) is 15.6. The number of carbonyl (C=O) groups excluding carboxylic acids is 3. The van der Waals surface area contributed by atoms with Crippen LogP contribution in [0.25, 0.3) is 0 Å². The van der Waals surface area contributed by atoms with Crippen LogP contribution in [0.1, 0.15) is 21.5 Å². The molecule has 0 saturated carbocycles. The molecule has 2 amide bonds. The van der Waals surface area contributed by atoms with Crippen molar-refractivity contribution in [2.75, 3.05) is 13.2 Å². The van der Waals surface area contributed by atoms with Crippen LogP contribution in [0.3, 0.4) is 0 Å². The van der Waals surface area contributed by atoms with Gasteiger partial charge >= 0.3 is 5.97 Å². The molecule has 3 aromatic carbocycles. The lowest BCUT2D eigenvalue weighted by atomic mass is 10.1. The summed E-state index contributed by atoms with van der Waals surface area (Å²) in [4.78, 5) is 38.2. The lowest BCUT2D eigenvalue weighted by Crippen LogP contribution is -2.44. The van der Waals surface area contributed by atoms with E-state index < -0.39 is 24.4 Å². The van der Waals surface area contributed by atoms with Crippen molar-refractivity contribution >= 4 is 17.8 Å². The van der Waals surface area contributed by atoms with Gasteiger partial charge in [-0.1, -0.05) is 78.9 Å². The topological polar surface area (TPSA) is 87.7 Å². The molecule has 0 bridgehead atoms. The van der Waals surface area contributed by atoms with Crippen LogP contribution in [-0.2, 0) is 27.4 Å². The molecule has 0 aliphatic carbocycles. The number of hydrazine groups is 1. The summed E-state index contributed by atoms with van der Waals surface area (Å²) in [6.07, 6.45) is 0. The number of esters is 1. The van der Waals surface area contributed by atoms with E-state index in [4.69, 9.17) is 4.74 Å². The van der Waals surface area contributed by atoms with Gasteiger partial charge in [-0.3, -0.25) is 30.1 Å². The van der Waals surface area contributed by atoms with Crippen molar-refractivity contribution in [3.05, 3.63) is 108 Å². The van der Waals surface area contributed by atoms with E-state index in [0.29, 0.717) is 18.7 Å². The third kappa shape index (κ3) is 7.70. The van der Waals surface area contributed by atoms with Crippen LogP contribution >= 0.6 is 0 Å². The molecule has 0 aromatic heterocycles. The summed E-state index contributed by atoms with van der Waals surface area (Å²) in [6, 6.07) is 28.1. The Bertz CT molecular complexity index is 970. The van der Waals surface area contributed by atoms with E-state index in [1.165, 1.54) is 0 Å². The number of nitrogens with zero attached hydrogens (tertiary/aromatic N) is 1. The number of hydrogen-bond donors (Lipinski definition) is 2. The van der Waals surface area contributed by atoms with Gasteiger partial charge in [-0.15, -0.1) is 0 Å². The number of amides is 2. The van der Waals surface area contributed by atoms with Gasteiger partial charge < -0.3 is 4.74 Å². The first-order valence-corrected chi connectivity index (χ1v) is 10.2. The Labute approximate surface area is 187 Å². The fourth-order valence-corrected chi connectivity index (χ4v) is 3.05. The fourth-order valence-electron chi connectivity index (χ4n) is 3.05. The van der Waals surface area contributed by atoms with Gasteiger partial charge in [-0.2, -0.15) is 0 Å². The minimum absolute atomic E-state index is 0.0213. The highest BCUT2D eigenvalue weighted by Gasteiger charge is 2.15. The van der Waals surface area contributed by atoms with Crippen molar-refractivity contribution in [3.8, 4) is 0 Å². The van der Waals surface area contributed by atoms with Crippen molar-refractivity contribution in [1.29, 1.82) is 0 Å². The molecule has 0 aliphatic heterocycles. The predicted molar refractivity (Wildman–Crippen MR) is 120 cm³/mol. The van der Waals surface area contributed by atoms with Gasteiger partial charge in [0.1, 0.15) is 0 Å². The smallest absolute Gasteiger partial charge is 0.320 e. The van der Waals surface area contributed by atoms with E-state index in [1.54, 1.807) is 30.3 Å². The molecule has 0 radical (unpaired) electrons. The van der Waals surface area contributed by atoms with Crippen molar-refractivity contribution in [3.63, 3.8) is 0 Å². The van der Waals surface area contributed by atoms with E-state index in [-0.39, 0.29) is 6.54 Å². The van der Waals surface area contributed by atoms with E-state index >= 15 is 0 Å². The number of nitrogens with one attached hydrogen (secondary N) is 2. The molecule has 0 spiro atoms. The Morgan fingerprint density at radius 2 is 1.19 bits per heavy atom. The Balaban J connectivity index is 1.48. The number of carbonyl (C=O) groups is 3. The molecule has 32 heavy (non-hydrogen) atoms. The molecule has 7 heteroatoms. The number of hydrogen-bond acceptors (Lipinski definition) is 5. The van der Waals surface area contributed by atoms with Crippen LogP contribution < -0.4 is 10.9 Å². The average molecular weight is 431 g/mol. The van der Waals surface area contributed by atoms with Gasteiger partial charge in [0, 0.05) is 18.7 Å². The Morgan fingerprint density at radius 3 is 1.72 bits per heavy atom. The maximum Gasteiger partial charge on any atom is 0.320 e. The van der Waals surface area contributed by atoms with Crippen LogP contribution in [0.2, 0.25) is 0 Å². The molecule has 3 rings (SSSR count). The zero-order chi connectivity index (χ0) is 22.6. The average Bonchev–Trinajstić information content (AvgIpc) is 2.83. The Hall–Kier alpha value is -3.97. The SMILES string of the molecule is O=C(COC(=O)CN(Cc1ccccc1)Cc1ccccc1)NNC(=O)c1ccccc1. The van der Waals surface area contributed by atoms with Gasteiger partial charge in [-0.25, -0.2) is 0 Å². The molecule has 0 atom stereocenters. The second-order valence-corrected chi connectivity index (χ2v) is 7.15. The first-order valence-electron chi connectivity index (χ1n) is 10.2. The van der Waals surface area contributed by atoms with Crippen molar-refractivity contribution in [2.24, 2.45) is 0 Å². The minimum Gasteiger partial charge on any atom is -0.455 e. The van der Waals surface area contributed by atoms with E-state index in [0.717, 1.165) is 11.1 Å². The lowest BCUT2D eigenvalue weighted by molar-refractivity contribution is -0.150. The zero-order valence-electron chi connectivity index (χ0n) is 17.6. The first kappa shape index (κ1) is 22.7. The molecule has 2 N–H and O–H groups in total. The highest BCUT2D eigenvalue weighted by Crippen LogP contribution is 2.10. The van der Waals surface area contributed by atoms with Crippen molar-refractivity contribution in [1.82, 2.24) is 15.8 Å². The maximum atomic E-state index is 12.4. The standard InChI is InChI=1S/C25H25N3O4/c29-23(26-27-25(31)22-14-8-3-9-15-22)19-32-24(30)18-28(16-20-10-4-1-5-11-20)17-21-12-6-2-7-13-21/h1-15H,16-19H2,(H,26,29)(H,27,31). The second-order valence-electron chi connectivity index (χ2n) is 7.15. The van der Waals surface area contributed by atoms with Crippen molar-refractivity contribution in [2.45, 2.75) is 13.1 Å². The van der Waals surface area contributed by atoms with Crippen LogP contribution in [0.15, 0.2) is 91.0 Å². The number of benzene rings is 3. The third-order valence-electron chi connectivity index (χ3n) is 4.57. The summed E-state index contributed by atoms with van der Waals surface area (Å²) in [6.45, 7) is 0.653. The van der Waals surface area contributed by atoms with Gasteiger partial charge in [0.05, 0.1) is 6.54 Å². The molecule has 0 heterocycles. The van der Waals surface area contributed by atoms with Gasteiger partial charge in [0.2, 0.25) is 0 Å². The molecule has 7 nitrogen and oxygen atoms in total. The van der Waals surface area contributed by atoms with Gasteiger partial charge in [-0.05, 0) is 23.3 Å². The summed E-state index contributed by atoms with van der Waals surface area (Å²) in [5.74, 6) is -1.61. The quantitative estimate of drug-likeness (QED) is 0.402. The summed E-state index contributed by atoms with van der Waals surface area (Å²) >= 11 is 0. The minimum atomic E-state index is -0.625. The molecule has 0 saturated heterocycles. The van der Waals surface area contributed by atoms with Crippen molar-refractivity contribution < 1.29 is 19.1 Å². The molecular weight excluding hydrogens is 406 g/mol. The third-order valence-corrected chi connectivity index (χ3v) is 4.57. The summed E-state index contributed by atoms with van der Waals surface area (Å²) in [5, 5.41) is 0. The Kier molecular flexibility index (Phi) is 8.53. The molecule has 0 aliphatic rings. The van der Waals surface area contributed by atoms with Gasteiger partial charge in [0.15, 0.2) is 6.61 Å². The zero-order valence-corrected chi connectivity index (χ0v) is 17.6. The van der Waals surface area contributed by atoms with E-state index in [2.05, 4.69) is 10.9 Å². The van der Waals surface area contributed by atoms with E-state index in [9.17, 15) is 14.4 Å². The molecule has 164 valence electrons. The molecule has 3 aromatic rings. The van der Waals surface area contributed by atoms with Crippen LogP contribution in [0.5, 0.6) is 0 Å². The molecular formula is C25H25N3O4. The number of ether oxygens (including phenoxy) is 1. The fraction of sp³-hybridized carbons (Fsp3) is 0.160. The highest BCUT2D eigenvalue weighted by atomic mass is 16.5. The Morgan fingerprint density at radius 1 is 0.688 bits per heavy atom. The van der Waals surface area contributed by atoms with Crippen LogP contribution in [0, 0.1) is 0 Å². The lowest BCUT2D eigenvalue weighted by Gasteiger charge is -2.21. The monoisotopic (exact) mass is 431 g/mol. The normalized spacial score (nSPS) is 10.4. The summed E-state index contributed by atoms with van der Waals surface area (Å²) in [7, 11) is 0. The van der Waals surface area contributed by atoms with Gasteiger partial charge in [0.25, 0.3) is 11.8 Å². The summed E-state index contributed by atoms with van der Waals surface area (Å²) in [5.41, 5.74) is 7.07. The van der Waals surface area contributed by atoms with Crippen LogP contribution in [0.4, 0.5) is 0 Å². The molecule has 0 fully saturated rings. The number of rotatable bonds is 9. The maximum absolute atomic E-state index is 12.4. The van der Waals surface area contributed by atoms with E-state index in [1.807, 2.05) is 65.6 Å². The predicted octanol–water partition coefficient (Wildman–Crippen LogP) is 2.69. The summed E-state index contributed by atoms with van der Waals surface area (Å²) < 4.78 is 5.10. The second kappa shape index (κ2) is 12.0.